The maximum absolute atomic E-state index is 10.4. The molecule has 1 saturated heterocycles. The number of hydrogen-bond donors (Lipinski definition) is 2. The molecule has 1 unspecified atom stereocenters. The average molecular weight is 205 g/mol. The van der Waals surface area contributed by atoms with E-state index in [2.05, 4.69) is 12.6 Å². The first kappa shape index (κ1) is 12.3. The van der Waals surface area contributed by atoms with Crippen LogP contribution in [0.2, 0.25) is 0 Å². The normalized spacial score (nSPS) is 20.5. The minimum absolute atomic E-state index is 0.572. The molecule has 0 bridgehead atoms. The van der Waals surface area contributed by atoms with Crippen molar-refractivity contribution < 1.29 is 14.7 Å². The number of nitrogens with zero attached hydrogens (tertiary/aromatic N) is 1. The molecular formula is C8H15NO3S. The summed E-state index contributed by atoms with van der Waals surface area (Å²) in [7, 11) is 0. The lowest BCUT2D eigenvalue weighted by atomic mass is 10.2. The predicted octanol–water partition coefficient (Wildman–Crippen LogP) is 0.628. The van der Waals surface area contributed by atoms with Crippen LogP contribution in [-0.4, -0.2) is 40.7 Å². The standard InChI is InChI=1S/C6H9NO3.C2H6S/c8-4-7-3-1-2-5(7)6(9)10;1-2-3/h4-5H,1-3H2,(H,9,10);3H,2H2,1H3. The number of rotatable bonds is 2. The van der Waals surface area contributed by atoms with Crippen molar-refractivity contribution in [2.24, 2.45) is 0 Å². The highest BCUT2D eigenvalue weighted by Crippen LogP contribution is 2.14. The molecule has 1 fully saturated rings. The highest BCUT2D eigenvalue weighted by molar-refractivity contribution is 7.80. The number of amides is 1. The summed E-state index contributed by atoms with van der Waals surface area (Å²) < 4.78 is 0. The SMILES string of the molecule is CCS.O=CN1CCCC1C(=O)O. The monoisotopic (exact) mass is 205 g/mol. The lowest BCUT2D eigenvalue weighted by molar-refractivity contribution is -0.144. The Morgan fingerprint density at radius 1 is 1.77 bits per heavy atom. The number of hydrogen-bond acceptors (Lipinski definition) is 3. The first-order valence-electron chi connectivity index (χ1n) is 4.22. The van der Waals surface area contributed by atoms with Crippen molar-refractivity contribution in [1.82, 2.24) is 4.90 Å². The zero-order chi connectivity index (χ0) is 10.3. The Morgan fingerprint density at radius 2 is 2.31 bits per heavy atom. The summed E-state index contributed by atoms with van der Waals surface area (Å²) in [4.78, 5) is 21.9. The smallest absolute Gasteiger partial charge is 0.326 e. The second-order valence-electron chi connectivity index (χ2n) is 2.66. The van der Waals surface area contributed by atoms with Crippen molar-refractivity contribution in [2.45, 2.75) is 25.8 Å². The van der Waals surface area contributed by atoms with Gasteiger partial charge in [-0.25, -0.2) is 4.79 Å². The Hall–Kier alpha value is -0.710. The highest BCUT2D eigenvalue weighted by atomic mass is 32.1. The van der Waals surface area contributed by atoms with Gasteiger partial charge in [-0.1, -0.05) is 6.92 Å². The zero-order valence-corrected chi connectivity index (χ0v) is 8.54. The molecule has 0 radical (unpaired) electrons. The molecular weight excluding hydrogens is 190 g/mol. The van der Waals surface area contributed by atoms with Crippen LogP contribution < -0.4 is 0 Å². The van der Waals surface area contributed by atoms with E-state index < -0.39 is 12.0 Å². The second kappa shape index (κ2) is 6.77. The molecule has 76 valence electrons. The summed E-state index contributed by atoms with van der Waals surface area (Å²) >= 11 is 3.79. The first-order valence-corrected chi connectivity index (χ1v) is 4.85. The van der Waals surface area contributed by atoms with Crippen LogP contribution in [0.25, 0.3) is 0 Å². The molecule has 5 heteroatoms. The molecule has 0 aromatic carbocycles. The lowest BCUT2D eigenvalue weighted by Crippen LogP contribution is -2.34. The molecule has 1 rings (SSSR count). The quantitative estimate of drug-likeness (QED) is 0.513. The van der Waals surface area contributed by atoms with Gasteiger partial charge in [0.15, 0.2) is 0 Å². The number of carboxylic acid groups (broad SMARTS) is 1. The topological polar surface area (TPSA) is 57.6 Å². The van der Waals surface area contributed by atoms with E-state index in [1.807, 2.05) is 6.92 Å². The van der Waals surface area contributed by atoms with Gasteiger partial charge in [0.05, 0.1) is 0 Å². The summed E-state index contributed by atoms with van der Waals surface area (Å²) in [6.07, 6.45) is 2.00. The molecule has 1 N–H and O–H groups in total. The van der Waals surface area contributed by atoms with E-state index in [1.165, 1.54) is 4.90 Å². The molecule has 1 amide bonds. The number of thiol groups is 1. The number of carboxylic acids is 1. The summed E-state index contributed by atoms with van der Waals surface area (Å²) in [5.41, 5.74) is 0. The minimum atomic E-state index is -0.899. The number of carbonyl (C=O) groups is 2. The van der Waals surface area contributed by atoms with Gasteiger partial charge in [-0.3, -0.25) is 4.79 Å². The van der Waals surface area contributed by atoms with Crippen molar-refractivity contribution >= 4 is 25.0 Å². The first-order chi connectivity index (χ1) is 6.17. The Kier molecular flexibility index (Phi) is 6.40. The van der Waals surface area contributed by atoms with E-state index in [-0.39, 0.29) is 0 Å². The summed E-state index contributed by atoms with van der Waals surface area (Å²) in [5.74, 6) is 0.0459. The average Bonchev–Trinajstić information content (AvgIpc) is 2.52. The van der Waals surface area contributed by atoms with Crippen LogP contribution >= 0.6 is 12.6 Å². The van der Waals surface area contributed by atoms with Crippen LogP contribution in [0, 0.1) is 0 Å². The van der Waals surface area contributed by atoms with Crippen molar-refractivity contribution in [2.75, 3.05) is 12.3 Å². The molecule has 1 heterocycles. The second-order valence-corrected chi connectivity index (χ2v) is 3.29. The van der Waals surface area contributed by atoms with Crippen LogP contribution in [0.5, 0.6) is 0 Å². The van der Waals surface area contributed by atoms with Gasteiger partial charge in [-0.05, 0) is 18.6 Å². The van der Waals surface area contributed by atoms with Crippen molar-refractivity contribution in [3.05, 3.63) is 0 Å². The van der Waals surface area contributed by atoms with Crippen LogP contribution in [0.3, 0.4) is 0 Å². The molecule has 4 nitrogen and oxygen atoms in total. The largest absolute Gasteiger partial charge is 0.480 e. The minimum Gasteiger partial charge on any atom is -0.480 e. The third-order valence-corrected chi connectivity index (χ3v) is 1.71. The maximum Gasteiger partial charge on any atom is 0.326 e. The Morgan fingerprint density at radius 3 is 2.62 bits per heavy atom. The molecule has 0 aromatic heterocycles. The van der Waals surface area contributed by atoms with Gasteiger partial charge in [0, 0.05) is 6.54 Å². The Balaban J connectivity index is 0.000000424. The van der Waals surface area contributed by atoms with E-state index in [9.17, 15) is 9.59 Å². The highest BCUT2D eigenvalue weighted by Gasteiger charge is 2.28. The molecule has 1 aliphatic rings. The third kappa shape index (κ3) is 4.17. The molecule has 0 aliphatic carbocycles. The molecule has 1 aliphatic heterocycles. The lowest BCUT2D eigenvalue weighted by Gasteiger charge is -2.14. The van der Waals surface area contributed by atoms with E-state index in [0.717, 1.165) is 12.2 Å². The number of aliphatic carboxylic acids is 1. The van der Waals surface area contributed by atoms with Gasteiger partial charge in [0.1, 0.15) is 6.04 Å². The Bertz CT molecular complexity index is 175. The fraction of sp³-hybridized carbons (Fsp3) is 0.750. The van der Waals surface area contributed by atoms with Crippen LogP contribution in [0.15, 0.2) is 0 Å². The van der Waals surface area contributed by atoms with Crippen molar-refractivity contribution in [1.29, 1.82) is 0 Å². The molecule has 0 spiro atoms. The van der Waals surface area contributed by atoms with Gasteiger partial charge in [0.25, 0.3) is 0 Å². The van der Waals surface area contributed by atoms with Crippen molar-refractivity contribution in [3.63, 3.8) is 0 Å². The van der Waals surface area contributed by atoms with Gasteiger partial charge in [-0.15, -0.1) is 0 Å². The van der Waals surface area contributed by atoms with Gasteiger partial charge < -0.3 is 10.0 Å². The van der Waals surface area contributed by atoms with E-state index in [4.69, 9.17) is 5.11 Å². The summed E-state index contributed by atoms with van der Waals surface area (Å²) in [6.45, 7) is 2.57. The molecule has 13 heavy (non-hydrogen) atoms. The molecule has 1 atom stereocenters. The number of likely N-dealkylation sites (tertiary alicyclic amines) is 1. The molecule has 0 saturated carbocycles. The zero-order valence-electron chi connectivity index (χ0n) is 7.64. The van der Waals surface area contributed by atoms with Gasteiger partial charge >= 0.3 is 5.97 Å². The molecule has 0 aromatic rings. The summed E-state index contributed by atoms with van der Waals surface area (Å²) in [6, 6.07) is -0.572. The Labute approximate surface area is 83.3 Å². The predicted molar refractivity (Wildman–Crippen MR) is 53.0 cm³/mol. The van der Waals surface area contributed by atoms with Gasteiger partial charge in [0.2, 0.25) is 6.41 Å². The van der Waals surface area contributed by atoms with Gasteiger partial charge in [-0.2, -0.15) is 12.6 Å². The van der Waals surface area contributed by atoms with E-state index in [0.29, 0.717) is 19.4 Å². The van der Waals surface area contributed by atoms with Crippen LogP contribution in [0.1, 0.15) is 19.8 Å². The fourth-order valence-corrected chi connectivity index (χ4v) is 1.18. The van der Waals surface area contributed by atoms with Crippen LogP contribution in [0.4, 0.5) is 0 Å². The third-order valence-electron chi connectivity index (χ3n) is 1.71. The maximum atomic E-state index is 10.4. The number of carbonyl (C=O) groups excluding carboxylic acids is 1. The fourth-order valence-electron chi connectivity index (χ4n) is 1.18. The van der Waals surface area contributed by atoms with Crippen molar-refractivity contribution in [3.8, 4) is 0 Å². The van der Waals surface area contributed by atoms with E-state index in [1.54, 1.807) is 0 Å². The van der Waals surface area contributed by atoms with E-state index >= 15 is 0 Å². The van der Waals surface area contributed by atoms with Crippen LogP contribution in [-0.2, 0) is 9.59 Å². The summed E-state index contributed by atoms with van der Waals surface area (Å²) in [5, 5.41) is 8.51.